The third-order valence-electron chi connectivity index (χ3n) is 5.77. The summed E-state index contributed by atoms with van der Waals surface area (Å²) < 4.78 is 0. The van der Waals surface area contributed by atoms with Crippen LogP contribution in [0.2, 0.25) is 0 Å². The van der Waals surface area contributed by atoms with E-state index in [1.54, 1.807) is 0 Å². The van der Waals surface area contributed by atoms with E-state index in [9.17, 15) is 0 Å². The van der Waals surface area contributed by atoms with Crippen LogP contribution >= 0.6 is 0 Å². The first-order valence-electron chi connectivity index (χ1n) is 12.7. The van der Waals surface area contributed by atoms with Crippen LogP contribution in [0.4, 0.5) is 22.7 Å². The van der Waals surface area contributed by atoms with E-state index in [1.165, 1.54) is 45.0 Å². The van der Waals surface area contributed by atoms with Gasteiger partial charge in [0.15, 0.2) is 0 Å². The van der Waals surface area contributed by atoms with Crippen LogP contribution in [0.25, 0.3) is 0 Å². The van der Waals surface area contributed by atoms with Gasteiger partial charge in [-0.3, -0.25) is 0 Å². The summed E-state index contributed by atoms with van der Waals surface area (Å²) in [5, 5.41) is 13.6. The lowest BCUT2D eigenvalue weighted by Gasteiger charge is -2.09. The lowest BCUT2D eigenvalue weighted by Crippen LogP contribution is -2.13. The number of aryl methyl sites for hydroxylation is 4. The normalized spacial score (nSPS) is 10.1. The zero-order chi connectivity index (χ0) is 25.6. The number of hydrogen-bond donors (Lipinski definition) is 4. The highest BCUT2D eigenvalue weighted by Gasteiger charge is 1.94. The van der Waals surface area contributed by atoms with Crippen molar-refractivity contribution in [1.82, 2.24) is 0 Å². The molecule has 4 heteroatoms. The summed E-state index contributed by atoms with van der Waals surface area (Å²) >= 11 is 0. The van der Waals surface area contributed by atoms with Crippen molar-refractivity contribution >= 4 is 22.7 Å². The minimum Gasteiger partial charge on any atom is -0.383 e. The number of benzene rings is 4. The van der Waals surface area contributed by atoms with Gasteiger partial charge in [-0.25, -0.2) is 0 Å². The molecule has 0 atom stereocenters. The first-order valence-corrected chi connectivity index (χ1v) is 12.7. The second-order valence-corrected chi connectivity index (χ2v) is 9.17. The van der Waals surface area contributed by atoms with Crippen LogP contribution in [-0.2, 0) is 0 Å². The van der Waals surface area contributed by atoms with E-state index in [2.05, 4.69) is 146 Å². The van der Waals surface area contributed by atoms with Crippen molar-refractivity contribution in [3.8, 4) is 0 Å². The number of anilines is 4. The lowest BCUT2D eigenvalue weighted by molar-refractivity contribution is 1.08. The van der Waals surface area contributed by atoms with Crippen molar-refractivity contribution in [2.45, 2.75) is 27.7 Å². The molecule has 0 aliphatic rings. The molecule has 0 aromatic heterocycles. The summed E-state index contributed by atoms with van der Waals surface area (Å²) in [4.78, 5) is 0. The molecule has 4 nitrogen and oxygen atoms in total. The average molecular weight is 481 g/mol. The molecule has 0 aliphatic carbocycles. The van der Waals surface area contributed by atoms with E-state index in [1.807, 2.05) is 0 Å². The fraction of sp³-hybridized carbons (Fsp3) is 0.250. The smallest absolute Gasteiger partial charge is 0.0340 e. The SMILES string of the molecule is Cc1ccc(NCCNc2ccc(C)cc2)cc1.Cc1ccc(NCCNc2ccc(C)cc2)cc1. The Morgan fingerprint density at radius 3 is 0.639 bits per heavy atom. The first-order chi connectivity index (χ1) is 17.5. The van der Waals surface area contributed by atoms with E-state index in [0.717, 1.165) is 26.2 Å². The summed E-state index contributed by atoms with van der Waals surface area (Å²) in [5.74, 6) is 0. The largest absolute Gasteiger partial charge is 0.383 e. The van der Waals surface area contributed by atoms with Gasteiger partial charge in [0.25, 0.3) is 0 Å². The minimum atomic E-state index is 0.914. The maximum atomic E-state index is 3.39. The third-order valence-corrected chi connectivity index (χ3v) is 5.77. The van der Waals surface area contributed by atoms with Crippen LogP contribution in [0.5, 0.6) is 0 Å². The van der Waals surface area contributed by atoms with Crippen LogP contribution in [0.3, 0.4) is 0 Å². The number of hydrogen-bond acceptors (Lipinski definition) is 4. The molecular formula is C32H40N4. The molecule has 0 heterocycles. The van der Waals surface area contributed by atoms with Crippen molar-refractivity contribution in [3.63, 3.8) is 0 Å². The summed E-state index contributed by atoms with van der Waals surface area (Å²) in [6.07, 6.45) is 0. The summed E-state index contributed by atoms with van der Waals surface area (Å²) in [7, 11) is 0. The predicted molar refractivity (Wildman–Crippen MR) is 159 cm³/mol. The van der Waals surface area contributed by atoms with Crippen LogP contribution < -0.4 is 21.3 Å². The maximum Gasteiger partial charge on any atom is 0.0340 e. The topological polar surface area (TPSA) is 48.1 Å². The van der Waals surface area contributed by atoms with Gasteiger partial charge in [0.1, 0.15) is 0 Å². The molecule has 0 saturated heterocycles. The maximum absolute atomic E-state index is 3.39. The first kappa shape index (κ1) is 26.7. The van der Waals surface area contributed by atoms with E-state index >= 15 is 0 Å². The lowest BCUT2D eigenvalue weighted by atomic mass is 10.2. The minimum absolute atomic E-state index is 0.914. The molecule has 4 aromatic carbocycles. The van der Waals surface area contributed by atoms with Crippen LogP contribution in [0.15, 0.2) is 97.1 Å². The summed E-state index contributed by atoms with van der Waals surface area (Å²) in [5.41, 5.74) is 9.85. The fourth-order valence-corrected chi connectivity index (χ4v) is 3.51. The molecule has 0 aliphatic heterocycles. The van der Waals surface area contributed by atoms with Gasteiger partial charge in [0, 0.05) is 48.9 Å². The van der Waals surface area contributed by atoms with Gasteiger partial charge < -0.3 is 21.3 Å². The molecule has 0 unspecified atom stereocenters. The molecule has 4 rings (SSSR count). The van der Waals surface area contributed by atoms with Crippen LogP contribution in [0, 0.1) is 27.7 Å². The van der Waals surface area contributed by atoms with Crippen molar-refractivity contribution in [1.29, 1.82) is 0 Å². The van der Waals surface area contributed by atoms with Crippen molar-refractivity contribution in [3.05, 3.63) is 119 Å². The highest BCUT2D eigenvalue weighted by molar-refractivity contribution is 5.48. The van der Waals surface area contributed by atoms with Gasteiger partial charge in [0.2, 0.25) is 0 Å². The highest BCUT2D eigenvalue weighted by Crippen LogP contribution is 2.11. The van der Waals surface area contributed by atoms with E-state index in [-0.39, 0.29) is 0 Å². The predicted octanol–water partition coefficient (Wildman–Crippen LogP) is 7.65. The molecular weight excluding hydrogens is 440 g/mol. The van der Waals surface area contributed by atoms with Crippen LogP contribution in [0.1, 0.15) is 22.3 Å². The Balaban J connectivity index is 0.000000201. The second kappa shape index (κ2) is 14.5. The average Bonchev–Trinajstić information content (AvgIpc) is 2.89. The Kier molecular flexibility index (Phi) is 10.7. The Morgan fingerprint density at radius 2 is 0.472 bits per heavy atom. The van der Waals surface area contributed by atoms with Gasteiger partial charge in [-0.1, -0.05) is 70.8 Å². The Hall–Kier alpha value is -3.92. The quantitative estimate of drug-likeness (QED) is 0.176. The monoisotopic (exact) mass is 480 g/mol. The Bertz CT molecular complexity index is 943. The van der Waals surface area contributed by atoms with Crippen molar-refractivity contribution < 1.29 is 0 Å². The molecule has 36 heavy (non-hydrogen) atoms. The van der Waals surface area contributed by atoms with Crippen molar-refractivity contribution in [2.75, 3.05) is 47.4 Å². The standard InChI is InChI=1S/2C16H20N2/c2*1-13-3-7-15(8-4-13)17-11-12-18-16-9-5-14(2)6-10-16/h2*3-10,17-18H,11-12H2,1-2H3. The molecule has 4 N–H and O–H groups in total. The Labute approximate surface area is 217 Å². The third kappa shape index (κ3) is 10.1. The number of nitrogens with one attached hydrogen (secondary N) is 4. The molecule has 0 amide bonds. The zero-order valence-electron chi connectivity index (χ0n) is 22.1. The molecule has 0 spiro atoms. The van der Waals surface area contributed by atoms with E-state index < -0.39 is 0 Å². The van der Waals surface area contributed by atoms with E-state index in [4.69, 9.17) is 0 Å². The van der Waals surface area contributed by atoms with E-state index in [0.29, 0.717) is 0 Å². The van der Waals surface area contributed by atoms with Gasteiger partial charge in [0.05, 0.1) is 0 Å². The van der Waals surface area contributed by atoms with Crippen LogP contribution in [-0.4, -0.2) is 26.2 Å². The summed E-state index contributed by atoms with van der Waals surface area (Å²) in [6, 6.07) is 33.9. The van der Waals surface area contributed by atoms with Gasteiger partial charge >= 0.3 is 0 Å². The number of rotatable bonds is 10. The molecule has 0 bridgehead atoms. The zero-order valence-corrected chi connectivity index (χ0v) is 22.1. The Morgan fingerprint density at radius 1 is 0.306 bits per heavy atom. The molecule has 188 valence electrons. The fourth-order valence-electron chi connectivity index (χ4n) is 3.51. The molecule has 0 radical (unpaired) electrons. The molecule has 0 fully saturated rings. The highest BCUT2D eigenvalue weighted by atomic mass is 15.0. The summed E-state index contributed by atoms with van der Waals surface area (Å²) in [6.45, 7) is 12.1. The second-order valence-electron chi connectivity index (χ2n) is 9.17. The van der Waals surface area contributed by atoms with Gasteiger partial charge in [-0.2, -0.15) is 0 Å². The van der Waals surface area contributed by atoms with Gasteiger partial charge in [-0.05, 0) is 76.2 Å². The molecule has 4 aromatic rings. The molecule has 0 saturated carbocycles. The van der Waals surface area contributed by atoms with Crippen molar-refractivity contribution in [2.24, 2.45) is 0 Å². The van der Waals surface area contributed by atoms with Gasteiger partial charge in [-0.15, -0.1) is 0 Å².